The smallest absolute Gasteiger partial charge is 0.363 e. The van der Waals surface area contributed by atoms with Gasteiger partial charge in [-0.25, -0.2) is 9.79 Å². The number of cyclic esters (lactones) is 1. The summed E-state index contributed by atoms with van der Waals surface area (Å²) in [6.45, 7) is 1.94. The van der Waals surface area contributed by atoms with E-state index in [1.807, 2.05) is 31.2 Å². The van der Waals surface area contributed by atoms with E-state index in [9.17, 15) is 4.79 Å². The van der Waals surface area contributed by atoms with Crippen molar-refractivity contribution in [1.82, 2.24) is 0 Å². The maximum atomic E-state index is 11.7. The molecule has 3 rings (SSSR count). The predicted octanol–water partition coefficient (Wildman–Crippen LogP) is 2.93. The van der Waals surface area contributed by atoms with Crippen LogP contribution in [0.15, 0.2) is 57.8 Å². The first-order valence-corrected chi connectivity index (χ1v) is 5.86. The molecule has 4 nitrogen and oxygen atoms in total. The van der Waals surface area contributed by atoms with E-state index in [0.29, 0.717) is 11.7 Å². The number of furan rings is 1. The summed E-state index contributed by atoms with van der Waals surface area (Å²) >= 11 is 0. The number of aryl methyl sites for hydroxylation is 1. The summed E-state index contributed by atoms with van der Waals surface area (Å²) in [7, 11) is 0. The fraction of sp³-hybridized carbons (Fsp3) is 0.0667. The number of ether oxygens (including phenoxy) is 1. The lowest BCUT2D eigenvalue weighted by Crippen LogP contribution is -2.06. The van der Waals surface area contributed by atoms with Gasteiger partial charge in [0.15, 0.2) is 5.70 Å². The van der Waals surface area contributed by atoms with Crippen LogP contribution in [0.1, 0.15) is 16.9 Å². The lowest BCUT2D eigenvalue weighted by Gasteiger charge is -2.02. The Bertz CT molecular complexity index is 681. The summed E-state index contributed by atoms with van der Waals surface area (Å²) in [5, 5.41) is 0. The maximum absolute atomic E-state index is 11.7. The number of carbonyl (C=O) groups excluding carboxylic acids is 1. The van der Waals surface area contributed by atoms with Crippen molar-refractivity contribution in [3.8, 4) is 0 Å². The summed E-state index contributed by atoms with van der Waals surface area (Å²) in [5.74, 6) is 0.442. The van der Waals surface area contributed by atoms with Gasteiger partial charge in [-0.15, -0.1) is 0 Å². The van der Waals surface area contributed by atoms with Gasteiger partial charge in [0.05, 0.1) is 6.26 Å². The molecule has 0 aliphatic carbocycles. The van der Waals surface area contributed by atoms with Gasteiger partial charge in [-0.2, -0.15) is 0 Å². The van der Waals surface area contributed by atoms with Crippen LogP contribution in [0.25, 0.3) is 6.08 Å². The number of rotatable bonds is 2. The van der Waals surface area contributed by atoms with Gasteiger partial charge in [0.1, 0.15) is 5.76 Å². The molecule has 4 heteroatoms. The molecule has 1 aliphatic rings. The number of hydrogen-bond donors (Lipinski definition) is 0. The minimum absolute atomic E-state index is 0.244. The molecular formula is C15H11NO3. The van der Waals surface area contributed by atoms with Gasteiger partial charge in [-0.05, 0) is 30.7 Å². The van der Waals surface area contributed by atoms with E-state index < -0.39 is 5.97 Å². The van der Waals surface area contributed by atoms with Crippen molar-refractivity contribution in [3.63, 3.8) is 0 Å². The van der Waals surface area contributed by atoms with E-state index in [0.717, 1.165) is 11.1 Å². The predicted molar refractivity (Wildman–Crippen MR) is 70.5 cm³/mol. The lowest BCUT2D eigenvalue weighted by atomic mass is 10.1. The number of nitrogens with zero attached hydrogens (tertiary/aromatic N) is 1. The van der Waals surface area contributed by atoms with E-state index in [2.05, 4.69) is 4.99 Å². The monoisotopic (exact) mass is 253 g/mol. The Hall–Kier alpha value is -2.62. The van der Waals surface area contributed by atoms with Crippen molar-refractivity contribution < 1.29 is 13.9 Å². The Labute approximate surface area is 110 Å². The van der Waals surface area contributed by atoms with Crippen LogP contribution < -0.4 is 0 Å². The number of aliphatic imine (C=N–C) groups is 1. The van der Waals surface area contributed by atoms with Crippen molar-refractivity contribution in [1.29, 1.82) is 0 Å². The lowest BCUT2D eigenvalue weighted by molar-refractivity contribution is -0.129. The van der Waals surface area contributed by atoms with Gasteiger partial charge in [0, 0.05) is 11.6 Å². The molecule has 1 aliphatic heterocycles. The second kappa shape index (κ2) is 4.57. The van der Waals surface area contributed by atoms with Crippen LogP contribution in [-0.2, 0) is 9.53 Å². The van der Waals surface area contributed by atoms with Crippen molar-refractivity contribution in [2.75, 3.05) is 0 Å². The first-order chi connectivity index (χ1) is 9.24. The largest absolute Gasteiger partial charge is 0.465 e. The number of esters is 1. The molecule has 0 bridgehead atoms. The molecule has 0 unspecified atom stereocenters. The van der Waals surface area contributed by atoms with Gasteiger partial charge >= 0.3 is 5.97 Å². The molecule has 0 N–H and O–H groups in total. The molecule has 19 heavy (non-hydrogen) atoms. The third-order valence-electron chi connectivity index (χ3n) is 2.82. The van der Waals surface area contributed by atoms with Crippen molar-refractivity contribution in [3.05, 3.63) is 65.2 Å². The summed E-state index contributed by atoms with van der Waals surface area (Å²) in [4.78, 5) is 16.0. The first kappa shape index (κ1) is 11.5. The molecule has 0 fully saturated rings. The minimum Gasteiger partial charge on any atom is -0.465 e. The first-order valence-electron chi connectivity index (χ1n) is 5.86. The standard InChI is InChI=1S/C15H11NO3/c1-10-5-2-3-7-12(10)14-16-13(15(17)19-14)9-11-6-4-8-18-11/h2-9H,1H3/b13-9-. The van der Waals surface area contributed by atoms with E-state index in [1.54, 1.807) is 24.5 Å². The molecule has 0 atom stereocenters. The van der Waals surface area contributed by atoms with Crippen molar-refractivity contribution >= 4 is 17.9 Å². The fourth-order valence-corrected chi connectivity index (χ4v) is 1.85. The van der Waals surface area contributed by atoms with E-state index in [-0.39, 0.29) is 5.70 Å². The molecule has 1 aromatic heterocycles. The molecule has 0 spiro atoms. The quantitative estimate of drug-likeness (QED) is 0.610. The zero-order valence-electron chi connectivity index (χ0n) is 10.3. The fourth-order valence-electron chi connectivity index (χ4n) is 1.85. The van der Waals surface area contributed by atoms with Gasteiger partial charge in [-0.1, -0.05) is 18.2 Å². The van der Waals surface area contributed by atoms with Crippen LogP contribution in [-0.4, -0.2) is 11.9 Å². The molecule has 0 amide bonds. The normalized spacial score (nSPS) is 16.6. The van der Waals surface area contributed by atoms with Gasteiger partial charge in [0.2, 0.25) is 5.90 Å². The summed E-state index contributed by atoms with van der Waals surface area (Å²) in [5.41, 5.74) is 2.07. The summed E-state index contributed by atoms with van der Waals surface area (Å²) in [6.07, 6.45) is 3.10. The molecule has 2 aromatic rings. The van der Waals surface area contributed by atoms with E-state index in [4.69, 9.17) is 9.15 Å². The van der Waals surface area contributed by atoms with E-state index >= 15 is 0 Å². The molecule has 2 heterocycles. The van der Waals surface area contributed by atoms with Gasteiger partial charge in [0.25, 0.3) is 0 Å². The third kappa shape index (κ3) is 2.20. The molecule has 0 radical (unpaired) electrons. The Morgan fingerprint density at radius 1 is 1.16 bits per heavy atom. The Balaban J connectivity index is 1.98. The Morgan fingerprint density at radius 2 is 2.00 bits per heavy atom. The molecular weight excluding hydrogens is 242 g/mol. The third-order valence-corrected chi connectivity index (χ3v) is 2.82. The molecule has 94 valence electrons. The Kier molecular flexibility index (Phi) is 2.76. The Morgan fingerprint density at radius 3 is 2.74 bits per heavy atom. The average Bonchev–Trinajstić information content (AvgIpc) is 3.02. The maximum Gasteiger partial charge on any atom is 0.363 e. The van der Waals surface area contributed by atoms with Crippen LogP contribution in [0.3, 0.4) is 0 Å². The molecule has 1 aromatic carbocycles. The highest BCUT2D eigenvalue weighted by Crippen LogP contribution is 2.20. The highest BCUT2D eigenvalue weighted by molar-refractivity contribution is 6.13. The van der Waals surface area contributed by atoms with Crippen molar-refractivity contribution in [2.45, 2.75) is 6.92 Å². The van der Waals surface area contributed by atoms with Crippen LogP contribution in [0.4, 0.5) is 0 Å². The number of carbonyl (C=O) groups is 1. The zero-order valence-corrected chi connectivity index (χ0v) is 10.3. The zero-order chi connectivity index (χ0) is 13.2. The van der Waals surface area contributed by atoms with Gasteiger partial charge < -0.3 is 9.15 Å². The number of benzene rings is 1. The minimum atomic E-state index is -0.463. The molecule has 0 saturated carbocycles. The number of hydrogen-bond acceptors (Lipinski definition) is 4. The molecule has 0 saturated heterocycles. The van der Waals surface area contributed by atoms with E-state index in [1.165, 1.54) is 0 Å². The SMILES string of the molecule is Cc1ccccc1C1=N/C(=C\c2ccco2)C(=O)O1. The van der Waals surface area contributed by atoms with Crippen LogP contribution in [0.5, 0.6) is 0 Å². The van der Waals surface area contributed by atoms with Gasteiger partial charge in [-0.3, -0.25) is 0 Å². The van der Waals surface area contributed by atoms with Crippen LogP contribution in [0, 0.1) is 6.92 Å². The van der Waals surface area contributed by atoms with Crippen molar-refractivity contribution in [2.24, 2.45) is 4.99 Å². The highest BCUT2D eigenvalue weighted by Gasteiger charge is 2.25. The summed E-state index contributed by atoms with van der Waals surface area (Å²) in [6, 6.07) is 11.1. The second-order valence-corrected chi connectivity index (χ2v) is 4.17. The summed E-state index contributed by atoms with van der Waals surface area (Å²) < 4.78 is 10.3. The highest BCUT2D eigenvalue weighted by atomic mass is 16.6. The second-order valence-electron chi connectivity index (χ2n) is 4.17. The van der Waals surface area contributed by atoms with Crippen LogP contribution in [0.2, 0.25) is 0 Å². The average molecular weight is 253 g/mol. The van der Waals surface area contributed by atoms with Crippen LogP contribution >= 0.6 is 0 Å². The topological polar surface area (TPSA) is 51.8 Å².